The smallest absolute Gasteiger partial charge is 0.0180 e. The third-order valence-electron chi connectivity index (χ3n) is 3.80. The summed E-state index contributed by atoms with van der Waals surface area (Å²) in [5, 5.41) is 0. The van der Waals surface area contributed by atoms with Gasteiger partial charge in [0, 0.05) is 25.7 Å². The summed E-state index contributed by atoms with van der Waals surface area (Å²) in [6.45, 7) is 6.20. The van der Waals surface area contributed by atoms with Crippen molar-refractivity contribution >= 4 is 0 Å². The second kappa shape index (κ2) is 5.28. The van der Waals surface area contributed by atoms with E-state index < -0.39 is 0 Å². The van der Waals surface area contributed by atoms with Gasteiger partial charge in [-0.2, -0.15) is 0 Å². The first-order chi connectivity index (χ1) is 7.24. The highest BCUT2D eigenvalue weighted by molar-refractivity contribution is 4.81. The molecule has 3 heteroatoms. The van der Waals surface area contributed by atoms with Gasteiger partial charge in [0.15, 0.2) is 0 Å². The molecule has 3 nitrogen and oxygen atoms in total. The zero-order valence-corrected chi connectivity index (χ0v) is 9.99. The van der Waals surface area contributed by atoms with Crippen LogP contribution in [0.2, 0.25) is 0 Å². The van der Waals surface area contributed by atoms with Crippen LogP contribution in [0, 0.1) is 5.92 Å². The van der Waals surface area contributed by atoms with Gasteiger partial charge in [0.1, 0.15) is 0 Å². The quantitative estimate of drug-likeness (QED) is 0.731. The van der Waals surface area contributed by atoms with Crippen molar-refractivity contribution in [3.8, 4) is 0 Å². The van der Waals surface area contributed by atoms with Gasteiger partial charge >= 0.3 is 0 Å². The molecule has 0 aromatic carbocycles. The number of nitrogens with two attached hydrogens (primary N) is 1. The zero-order valence-electron chi connectivity index (χ0n) is 9.99. The molecule has 0 saturated carbocycles. The largest absolute Gasteiger partial charge is 0.326 e. The highest BCUT2D eigenvalue weighted by Gasteiger charge is 2.23. The van der Waals surface area contributed by atoms with Crippen LogP contribution in [0.5, 0.6) is 0 Å². The molecule has 2 N–H and O–H groups in total. The van der Waals surface area contributed by atoms with Crippen molar-refractivity contribution in [2.75, 3.05) is 39.8 Å². The lowest BCUT2D eigenvalue weighted by Gasteiger charge is -2.25. The first-order valence-electron chi connectivity index (χ1n) is 6.40. The lowest BCUT2D eigenvalue weighted by atomic mass is 10.0. The molecule has 0 aromatic heterocycles. The Kier molecular flexibility index (Phi) is 4.00. The second-order valence-electron chi connectivity index (χ2n) is 5.43. The van der Waals surface area contributed by atoms with Gasteiger partial charge in [0.05, 0.1) is 0 Å². The Bertz CT molecular complexity index is 195. The summed E-state index contributed by atoms with van der Waals surface area (Å²) in [7, 11) is 2.26. The molecule has 0 aromatic rings. The fraction of sp³-hybridized carbons (Fsp3) is 1.00. The van der Waals surface area contributed by atoms with Gasteiger partial charge in [0.2, 0.25) is 0 Å². The minimum Gasteiger partial charge on any atom is -0.326 e. The molecule has 88 valence electrons. The van der Waals surface area contributed by atoms with Crippen molar-refractivity contribution in [3.63, 3.8) is 0 Å². The maximum absolute atomic E-state index is 5.94. The molecule has 0 amide bonds. The van der Waals surface area contributed by atoms with Crippen LogP contribution in [0.15, 0.2) is 0 Å². The molecule has 2 atom stereocenters. The first kappa shape index (κ1) is 11.4. The Morgan fingerprint density at radius 2 is 2.00 bits per heavy atom. The summed E-state index contributed by atoms with van der Waals surface area (Å²) in [5.74, 6) is 0.878. The number of hydrogen-bond acceptors (Lipinski definition) is 3. The second-order valence-corrected chi connectivity index (χ2v) is 5.43. The number of rotatable bonds is 2. The average Bonchev–Trinajstić information content (AvgIpc) is 2.46. The minimum atomic E-state index is 0.438. The minimum absolute atomic E-state index is 0.438. The summed E-state index contributed by atoms with van der Waals surface area (Å²) in [5.41, 5.74) is 5.94. The first-order valence-corrected chi connectivity index (χ1v) is 6.40. The van der Waals surface area contributed by atoms with E-state index in [0.29, 0.717) is 6.04 Å². The van der Waals surface area contributed by atoms with Gasteiger partial charge in [-0.15, -0.1) is 0 Å². The summed E-state index contributed by atoms with van der Waals surface area (Å²) >= 11 is 0. The van der Waals surface area contributed by atoms with Crippen molar-refractivity contribution in [3.05, 3.63) is 0 Å². The van der Waals surface area contributed by atoms with Crippen LogP contribution in [0.3, 0.4) is 0 Å². The Hall–Kier alpha value is -0.120. The highest BCUT2D eigenvalue weighted by Crippen LogP contribution is 2.18. The zero-order chi connectivity index (χ0) is 10.7. The van der Waals surface area contributed by atoms with Gasteiger partial charge in [-0.3, -0.25) is 0 Å². The van der Waals surface area contributed by atoms with E-state index in [0.717, 1.165) is 12.5 Å². The molecular formula is C12H25N3. The SMILES string of the molecule is CN1CCCCC(CN2CCC(N)C2)C1. The summed E-state index contributed by atoms with van der Waals surface area (Å²) < 4.78 is 0. The normalized spacial score (nSPS) is 35.6. The Morgan fingerprint density at radius 3 is 2.73 bits per heavy atom. The third-order valence-corrected chi connectivity index (χ3v) is 3.80. The molecule has 0 aliphatic carbocycles. The van der Waals surface area contributed by atoms with E-state index in [2.05, 4.69) is 16.8 Å². The monoisotopic (exact) mass is 211 g/mol. The van der Waals surface area contributed by atoms with E-state index in [4.69, 9.17) is 5.73 Å². The maximum Gasteiger partial charge on any atom is 0.0180 e. The molecule has 2 saturated heterocycles. The fourth-order valence-corrected chi connectivity index (χ4v) is 2.98. The summed E-state index contributed by atoms with van der Waals surface area (Å²) in [6.07, 6.45) is 5.40. The molecule has 0 radical (unpaired) electrons. The maximum atomic E-state index is 5.94. The molecule has 2 rings (SSSR count). The highest BCUT2D eigenvalue weighted by atomic mass is 15.2. The lowest BCUT2D eigenvalue weighted by molar-refractivity contribution is 0.225. The average molecular weight is 211 g/mol. The van der Waals surface area contributed by atoms with E-state index in [1.54, 1.807) is 0 Å². The molecule has 15 heavy (non-hydrogen) atoms. The Morgan fingerprint density at radius 1 is 1.13 bits per heavy atom. The summed E-state index contributed by atoms with van der Waals surface area (Å²) in [4.78, 5) is 5.06. The van der Waals surface area contributed by atoms with Crippen LogP contribution < -0.4 is 5.73 Å². The van der Waals surface area contributed by atoms with E-state index in [-0.39, 0.29) is 0 Å². The number of likely N-dealkylation sites (tertiary alicyclic amines) is 2. The lowest BCUT2D eigenvalue weighted by Crippen LogP contribution is -2.34. The van der Waals surface area contributed by atoms with Crippen LogP contribution >= 0.6 is 0 Å². The molecule has 0 bridgehead atoms. The molecule has 2 aliphatic rings. The van der Waals surface area contributed by atoms with Crippen molar-refractivity contribution in [1.29, 1.82) is 0 Å². The predicted molar refractivity (Wildman–Crippen MR) is 63.9 cm³/mol. The number of hydrogen-bond donors (Lipinski definition) is 1. The van der Waals surface area contributed by atoms with Gasteiger partial charge in [-0.1, -0.05) is 6.42 Å². The van der Waals surface area contributed by atoms with Crippen LogP contribution in [-0.4, -0.2) is 55.6 Å². The summed E-state index contributed by atoms with van der Waals surface area (Å²) in [6, 6.07) is 0.438. The topological polar surface area (TPSA) is 32.5 Å². The van der Waals surface area contributed by atoms with Crippen molar-refractivity contribution in [2.24, 2.45) is 11.7 Å². The van der Waals surface area contributed by atoms with Gasteiger partial charge in [-0.25, -0.2) is 0 Å². The molecule has 0 spiro atoms. The standard InChI is InChI=1S/C12H25N3/c1-14-6-3-2-4-11(8-14)9-15-7-5-12(13)10-15/h11-12H,2-10,13H2,1H3. The van der Waals surface area contributed by atoms with E-state index in [9.17, 15) is 0 Å². The molecular weight excluding hydrogens is 186 g/mol. The van der Waals surface area contributed by atoms with Crippen molar-refractivity contribution < 1.29 is 0 Å². The van der Waals surface area contributed by atoms with E-state index in [1.807, 2.05) is 0 Å². The van der Waals surface area contributed by atoms with Crippen LogP contribution in [-0.2, 0) is 0 Å². The van der Waals surface area contributed by atoms with Crippen LogP contribution in [0.25, 0.3) is 0 Å². The van der Waals surface area contributed by atoms with Gasteiger partial charge in [-0.05, 0) is 45.3 Å². The van der Waals surface area contributed by atoms with Crippen LogP contribution in [0.4, 0.5) is 0 Å². The third kappa shape index (κ3) is 3.44. The Balaban J connectivity index is 1.77. The Labute approximate surface area is 93.6 Å². The van der Waals surface area contributed by atoms with Crippen LogP contribution in [0.1, 0.15) is 25.7 Å². The molecule has 2 heterocycles. The number of nitrogens with zero attached hydrogens (tertiary/aromatic N) is 2. The molecule has 2 fully saturated rings. The van der Waals surface area contributed by atoms with Gasteiger partial charge < -0.3 is 15.5 Å². The molecule has 2 unspecified atom stereocenters. The van der Waals surface area contributed by atoms with E-state index >= 15 is 0 Å². The molecule has 2 aliphatic heterocycles. The fourth-order valence-electron chi connectivity index (χ4n) is 2.98. The van der Waals surface area contributed by atoms with Gasteiger partial charge in [0.25, 0.3) is 0 Å². The van der Waals surface area contributed by atoms with E-state index in [1.165, 1.54) is 51.9 Å². The van der Waals surface area contributed by atoms with Crippen molar-refractivity contribution in [2.45, 2.75) is 31.7 Å². The van der Waals surface area contributed by atoms with Crippen molar-refractivity contribution in [1.82, 2.24) is 9.80 Å². The predicted octanol–water partition coefficient (Wildman–Crippen LogP) is 0.751.